The molecule has 0 unspecified atom stereocenters. The van der Waals surface area contributed by atoms with Crippen molar-refractivity contribution in [3.8, 4) is 5.88 Å². The van der Waals surface area contributed by atoms with E-state index < -0.39 is 0 Å². The van der Waals surface area contributed by atoms with Crippen molar-refractivity contribution in [1.29, 1.82) is 0 Å². The van der Waals surface area contributed by atoms with Crippen molar-refractivity contribution in [2.24, 2.45) is 0 Å². The first-order chi connectivity index (χ1) is 14.9. The summed E-state index contributed by atoms with van der Waals surface area (Å²) in [7, 11) is 2.11. The molecule has 0 aliphatic carbocycles. The molecule has 3 heterocycles. The molecule has 1 aromatic carbocycles. The van der Waals surface area contributed by atoms with Crippen molar-refractivity contribution < 1.29 is 13.9 Å². The lowest BCUT2D eigenvalue weighted by atomic mass is 10.0. The molecule has 0 spiro atoms. The number of hydrogen-bond donors (Lipinski definition) is 0. The molecule has 7 heteroatoms. The molecule has 2 aliphatic heterocycles. The average Bonchev–Trinajstić information content (AvgIpc) is 2.86. The summed E-state index contributed by atoms with van der Waals surface area (Å²) in [6, 6.07) is 8.83. The number of ether oxygens (including phenoxy) is 1. The van der Waals surface area contributed by atoms with Gasteiger partial charge in [-0.25, -0.2) is 14.2 Å². The van der Waals surface area contributed by atoms with Crippen molar-refractivity contribution in [2.45, 2.75) is 58.5 Å². The van der Waals surface area contributed by atoms with Crippen molar-refractivity contribution >= 4 is 6.03 Å². The summed E-state index contributed by atoms with van der Waals surface area (Å²) in [5, 5.41) is 0. The van der Waals surface area contributed by atoms with Crippen molar-refractivity contribution in [2.75, 3.05) is 20.1 Å². The van der Waals surface area contributed by atoms with Crippen LogP contribution in [0.25, 0.3) is 0 Å². The molecule has 0 bridgehead atoms. The minimum atomic E-state index is -0.257. The molecule has 0 atom stereocenters. The SMILES string of the molecule is CC(C)Oc1ccc(CN2Cc3ccc(F)cc3CN(C3CCN(C)CC3)C2=O)cn1. The van der Waals surface area contributed by atoms with Gasteiger partial charge in [-0.3, -0.25) is 0 Å². The first kappa shape index (κ1) is 21.6. The van der Waals surface area contributed by atoms with Gasteiger partial charge in [-0.15, -0.1) is 0 Å². The second-order valence-electron chi connectivity index (χ2n) is 8.89. The molecule has 0 radical (unpaired) electrons. The van der Waals surface area contributed by atoms with Crippen LogP contribution in [0, 0.1) is 5.82 Å². The summed E-state index contributed by atoms with van der Waals surface area (Å²) in [5.41, 5.74) is 2.84. The second kappa shape index (κ2) is 9.22. The van der Waals surface area contributed by atoms with E-state index in [1.54, 1.807) is 18.3 Å². The Bertz CT molecular complexity index is 910. The van der Waals surface area contributed by atoms with Gasteiger partial charge in [-0.05, 0) is 75.6 Å². The molecule has 4 rings (SSSR count). The number of hydrogen-bond acceptors (Lipinski definition) is 4. The highest BCUT2D eigenvalue weighted by Gasteiger charge is 2.33. The number of carbonyl (C=O) groups excluding carboxylic acids is 1. The lowest BCUT2D eigenvalue weighted by Gasteiger charge is -2.38. The zero-order valence-electron chi connectivity index (χ0n) is 18.6. The summed E-state index contributed by atoms with van der Waals surface area (Å²) in [5.74, 6) is 0.322. The van der Waals surface area contributed by atoms with Gasteiger partial charge in [0.15, 0.2) is 0 Å². The van der Waals surface area contributed by atoms with E-state index in [1.165, 1.54) is 6.07 Å². The topological polar surface area (TPSA) is 48.9 Å². The fraction of sp³-hybridized carbons (Fsp3) is 0.500. The third-order valence-electron chi connectivity index (χ3n) is 6.04. The predicted molar refractivity (Wildman–Crippen MR) is 117 cm³/mol. The van der Waals surface area contributed by atoms with E-state index in [0.29, 0.717) is 25.5 Å². The van der Waals surface area contributed by atoms with Crippen LogP contribution in [0.15, 0.2) is 36.5 Å². The van der Waals surface area contributed by atoms with Crippen LogP contribution < -0.4 is 4.74 Å². The van der Waals surface area contributed by atoms with E-state index in [0.717, 1.165) is 42.6 Å². The van der Waals surface area contributed by atoms with E-state index in [1.807, 2.05) is 35.8 Å². The Morgan fingerprint density at radius 2 is 1.90 bits per heavy atom. The molecule has 1 aromatic heterocycles. The van der Waals surface area contributed by atoms with Crippen LogP contribution in [0.1, 0.15) is 43.4 Å². The normalized spacial score (nSPS) is 18.3. The first-order valence-corrected chi connectivity index (χ1v) is 11.0. The highest BCUT2D eigenvalue weighted by molar-refractivity contribution is 5.75. The number of halogens is 1. The number of aromatic nitrogens is 1. The molecule has 1 fully saturated rings. The fourth-order valence-electron chi connectivity index (χ4n) is 4.35. The number of fused-ring (bicyclic) bond motifs is 1. The number of carbonyl (C=O) groups is 1. The highest BCUT2D eigenvalue weighted by atomic mass is 19.1. The Morgan fingerprint density at radius 1 is 1.13 bits per heavy atom. The van der Waals surface area contributed by atoms with Gasteiger partial charge in [-0.2, -0.15) is 0 Å². The second-order valence-corrected chi connectivity index (χ2v) is 8.89. The zero-order valence-corrected chi connectivity index (χ0v) is 18.6. The molecule has 31 heavy (non-hydrogen) atoms. The number of pyridine rings is 1. The Hall–Kier alpha value is -2.67. The summed E-state index contributed by atoms with van der Waals surface area (Å²) in [6.07, 6.45) is 3.69. The average molecular weight is 427 g/mol. The fourth-order valence-corrected chi connectivity index (χ4v) is 4.35. The van der Waals surface area contributed by atoms with E-state index in [4.69, 9.17) is 4.74 Å². The van der Waals surface area contributed by atoms with Gasteiger partial charge in [0.05, 0.1) is 6.10 Å². The molecule has 6 nitrogen and oxygen atoms in total. The Morgan fingerprint density at radius 3 is 2.58 bits per heavy atom. The number of urea groups is 1. The zero-order chi connectivity index (χ0) is 22.0. The monoisotopic (exact) mass is 426 g/mol. The number of rotatable bonds is 5. The maximum atomic E-state index is 14.0. The summed E-state index contributed by atoms with van der Waals surface area (Å²) in [4.78, 5) is 24.1. The summed E-state index contributed by atoms with van der Waals surface area (Å²) < 4.78 is 19.6. The van der Waals surface area contributed by atoms with Gasteiger partial charge in [0, 0.05) is 37.9 Å². The molecular weight excluding hydrogens is 395 g/mol. The minimum Gasteiger partial charge on any atom is -0.475 e. The van der Waals surface area contributed by atoms with Gasteiger partial charge in [0.1, 0.15) is 5.82 Å². The Balaban J connectivity index is 1.58. The molecule has 0 saturated carbocycles. The molecule has 2 aliphatic rings. The van der Waals surface area contributed by atoms with Crippen molar-refractivity contribution in [3.63, 3.8) is 0 Å². The standard InChI is InChI=1S/C24H31FN4O2/c1-17(2)31-23-7-4-18(13-26-23)14-28-15-19-5-6-21(25)12-20(19)16-29(24(28)30)22-8-10-27(3)11-9-22/h4-7,12-13,17,22H,8-11,14-16H2,1-3H3. The predicted octanol–water partition coefficient (Wildman–Crippen LogP) is 4.04. The van der Waals surface area contributed by atoms with E-state index >= 15 is 0 Å². The number of nitrogens with zero attached hydrogens (tertiary/aromatic N) is 4. The van der Waals surface area contributed by atoms with Crippen LogP contribution in [0.2, 0.25) is 0 Å². The largest absolute Gasteiger partial charge is 0.475 e. The molecule has 2 amide bonds. The maximum absolute atomic E-state index is 14.0. The maximum Gasteiger partial charge on any atom is 0.321 e. The quantitative estimate of drug-likeness (QED) is 0.724. The van der Waals surface area contributed by atoms with Gasteiger partial charge >= 0.3 is 6.03 Å². The van der Waals surface area contributed by atoms with Crippen molar-refractivity contribution in [3.05, 3.63) is 59.0 Å². The number of benzene rings is 1. The van der Waals surface area contributed by atoms with Crippen LogP contribution in [0.5, 0.6) is 5.88 Å². The van der Waals surface area contributed by atoms with Crippen molar-refractivity contribution in [1.82, 2.24) is 19.7 Å². The first-order valence-electron chi connectivity index (χ1n) is 11.0. The molecule has 0 N–H and O–H groups in total. The summed E-state index contributed by atoms with van der Waals surface area (Å²) in [6.45, 7) is 7.22. The van der Waals surface area contributed by atoms with E-state index in [9.17, 15) is 9.18 Å². The molecule has 1 saturated heterocycles. The molecule has 2 aromatic rings. The van der Waals surface area contributed by atoms with E-state index in [2.05, 4.69) is 16.9 Å². The van der Waals surface area contributed by atoms with Gasteiger partial charge in [0.25, 0.3) is 0 Å². The highest BCUT2D eigenvalue weighted by Crippen LogP contribution is 2.27. The number of piperidine rings is 1. The third kappa shape index (κ3) is 5.15. The van der Waals surface area contributed by atoms with Crippen LogP contribution >= 0.6 is 0 Å². The minimum absolute atomic E-state index is 0.00803. The van der Waals surface area contributed by atoms with Gasteiger partial charge in [-0.1, -0.05) is 12.1 Å². The van der Waals surface area contributed by atoms with Gasteiger partial charge in [0.2, 0.25) is 5.88 Å². The Labute approximate surface area is 183 Å². The summed E-state index contributed by atoms with van der Waals surface area (Å²) >= 11 is 0. The van der Waals surface area contributed by atoms with Crippen LogP contribution in [-0.2, 0) is 19.6 Å². The third-order valence-corrected chi connectivity index (χ3v) is 6.04. The Kier molecular flexibility index (Phi) is 6.41. The lowest BCUT2D eigenvalue weighted by molar-refractivity contribution is 0.101. The molecule has 166 valence electrons. The van der Waals surface area contributed by atoms with E-state index in [-0.39, 0.29) is 24.0 Å². The van der Waals surface area contributed by atoms with Crippen LogP contribution in [0.3, 0.4) is 0 Å². The number of amides is 2. The lowest BCUT2D eigenvalue weighted by Crippen LogP contribution is -2.49. The smallest absolute Gasteiger partial charge is 0.321 e. The van der Waals surface area contributed by atoms with Crippen LogP contribution in [0.4, 0.5) is 9.18 Å². The van der Waals surface area contributed by atoms with Gasteiger partial charge < -0.3 is 19.4 Å². The van der Waals surface area contributed by atoms with Crippen LogP contribution in [-0.4, -0.2) is 58.0 Å². The molecular formula is C24H31FN4O2. The number of likely N-dealkylation sites (tertiary alicyclic amines) is 1.